The number of thiazole rings is 1. The van der Waals surface area contributed by atoms with Crippen LogP contribution in [0.25, 0.3) is 26.1 Å². The summed E-state index contributed by atoms with van der Waals surface area (Å²) in [6.07, 6.45) is 0. The smallest absolute Gasteiger partial charge is 0.345 e. The average molecular weight is 411 g/mol. The molecule has 4 aromatic rings. The molecule has 132 valence electrons. The van der Waals surface area contributed by atoms with E-state index in [0.717, 1.165) is 10.8 Å². The Labute approximate surface area is 159 Å². The summed E-state index contributed by atoms with van der Waals surface area (Å²) in [4.78, 5) is 29.7. The van der Waals surface area contributed by atoms with Crippen molar-refractivity contribution in [2.24, 2.45) is 0 Å². The lowest BCUT2D eigenvalue weighted by Crippen LogP contribution is -2.20. The maximum Gasteiger partial charge on any atom is 0.345 e. The summed E-state index contributed by atoms with van der Waals surface area (Å²) < 4.78 is 21.3. The molecule has 0 spiro atoms. The first-order chi connectivity index (χ1) is 12.4. The van der Waals surface area contributed by atoms with Gasteiger partial charge in [-0.1, -0.05) is 23.2 Å². The van der Waals surface area contributed by atoms with Gasteiger partial charge in [-0.3, -0.25) is 9.20 Å². The third-order valence-electron chi connectivity index (χ3n) is 3.86. The standard InChI is InChI=1S/C17H9Cl2FN2O3S/c1-2-25-17(24)12-13(23)8-6-9(20)14(19)21-15(8)22-10-5-7(18)3-4-11(10)26-16(12)22/h3-6H,2H2,1H3. The Morgan fingerprint density at radius 2 is 2.12 bits per heavy atom. The summed E-state index contributed by atoms with van der Waals surface area (Å²) in [6, 6.07) is 6.13. The molecule has 0 aliphatic rings. The number of hydrogen-bond donors (Lipinski definition) is 0. The van der Waals surface area contributed by atoms with Crippen LogP contribution in [-0.2, 0) is 4.74 Å². The summed E-state index contributed by atoms with van der Waals surface area (Å²) in [7, 11) is 0. The first-order valence-corrected chi connectivity index (χ1v) is 9.09. The zero-order valence-corrected chi connectivity index (χ0v) is 15.5. The number of esters is 1. The van der Waals surface area contributed by atoms with E-state index in [-0.39, 0.29) is 28.4 Å². The predicted octanol–water partition coefficient (Wildman–Crippen LogP) is 4.69. The minimum atomic E-state index is -0.844. The van der Waals surface area contributed by atoms with Gasteiger partial charge in [0.05, 0.1) is 22.2 Å². The van der Waals surface area contributed by atoms with Crippen LogP contribution in [0, 0.1) is 5.82 Å². The molecule has 4 rings (SSSR count). The minimum absolute atomic E-state index is 0.0628. The van der Waals surface area contributed by atoms with E-state index in [9.17, 15) is 14.0 Å². The van der Waals surface area contributed by atoms with Crippen LogP contribution in [0.1, 0.15) is 17.3 Å². The molecule has 5 nitrogen and oxygen atoms in total. The summed E-state index contributed by atoms with van der Waals surface area (Å²) in [5.41, 5.74) is -0.0412. The highest BCUT2D eigenvalue weighted by atomic mass is 35.5. The molecule has 0 fully saturated rings. The molecule has 0 unspecified atom stereocenters. The van der Waals surface area contributed by atoms with E-state index in [4.69, 9.17) is 27.9 Å². The molecule has 0 amide bonds. The normalized spacial score (nSPS) is 11.5. The van der Waals surface area contributed by atoms with Crippen LogP contribution in [0.5, 0.6) is 0 Å². The fraction of sp³-hybridized carbons (Fsp3) is 0.118. The second-order valence-corrected chi connectivity index (χ2v) is 7.24. The van der Waals surface area contributed by atoms with Crippen LogP contribution in [0.15, 0.2) is 29.1 Å². The maximum absolute atomic E-state index is 13.9. The van der Waals surface area contributed by atoms with Crippen molar-refractivity contribution >= 4 is 66.6 Å². The molecule has 0 saturated carbocycles. The van der Waals surface area contributed by atoms with Crippen LogP contribution >= 0.6 is 34.5 Å². The fourth-order valence-corrected chi connectivity index (χ4v) is 4.25. The van der Waals surface area contributed by atoms with Gasteiger partial charge in [0, 0.05) is 5.02 Å². The number of rotatable bonds is 2. The van der Waals surface area contributed by atoms with Crippen molar-refractivity contribution < 1.29 is 13.9 Å². The van der Waals surface area contributed by atoms with E-state index < -0.39 is 17.2 Å². The molecule has 3 heterocycles. The van der Waals surface area contributed by atoms with Crippen LogP contribution in [-0.4, -0.2) is 22.0 Å². The quantitative estimate of drug-likeness (QED) is 0.355. The summed E-state index contributed by atoms with van der Waals surface area (Å²) >= 11 is 13.1. The first-order valence-electron chi connectivity index (χ1n) is 7.52. The second-order valence-electron chi connectivity index (χ2n) is 5.41. The summed E-state index contributed by atoms with van der Waals surface area (Å²) in [5.74, 6) is -1.62. The molecule has 0 atom stereocenters. The fourth-order valence-electron chi connectivity index (χ4n) is 2.79. The van der Waals surface area contributed by atoms with Gasteiger partial charge in [0.25, 0.3) is 0 Å². The Morgan fingerprint density at radius 1 is 1.35 bits per heavy atom. The molecular weight excluding hydrogens is 402 g/mol. The van der Waals surface area contributed by atoms with Gasteiger partial charge in [0.2, 0.25) is 5.43 Å². The van der Waals surface area contributed by atoms with Crippen molar-refractivity contribution in [2.75, 3.05) is 6.61 Å². The molecule has 0 aliphatic heterocycles. The Morgan fingerprint density at radius 3 is 2.85 bits per heavy atom. The third-order valence-corrected chi connectivity index (χ3v) is 5.51. The number of carbonyl (C=O) groups is 1. The van der Waals surface area contributed by atoms with Gasteiger partial charge in [-0.25, -0.2) is 14.2 Å². The van der Waals surface area contributed by atoms with E-state index in [1.165, 1.54) is 11.3 Å². The average Bonchev–Trinajstić information content (AvgIpc) is 2.95. The first kappa shape index (κ1) is 17.2. The number of pyridine rings is 2. The number of fused-ring (bicyclic) bond motifs is 5. The number of carbonyl (C=O) groups excluding carboxylic acids is 1. The molecule has 0 radical (unpaired) electrons. The van der Waals surface area contributed by atoms with Crippen molar-refractivity contribution in [2.45, 2.75) is 6.92 Å². The molecule has 1 aromatic carbocycles. The van der Waals surface area contributed by atoms with Crippen molar-refractivity contribution in [3.05, 3.63) is 56.0 Å². The Balaban J connectivity index is 2.31. The van der Waals surface area contributed by atoms with Crippen LogP contribution in [0.3, 0.4) is 0 Å². The number of halogens is 3. The molecule has 0 N–H and O–H groups in total. The Hall–Kier alpha value is -2.22. The lowest BCUT2D eigenvalue weighted by Gasteiger charge is -2.08. The van der Waals surface area contributed by atoms with Gasteiger partial charge in [-0.05, 0) is 31.2 Å². The number of nitrogens with zero attached hydrogens (tertiary/aromatic N) is 2. The topological polar surface area (TPSA) is 60.7 Å². The molecule has 3 aromatic heterocycles. The van der Waals surface area contributed by atoms with E-state index in [0.29, 0.717) is 15.4 Å². The lowest BCUT2D eigenvalue weighted by molar-refractivity contribution is 0.0527. The van der Waals surface area contributed by atoms with Gasteiger partial charge in [0.1, 0.15) is 10.4 Å². The molecule has 9 heteroatoms. The molecule has 26 heavy (non-hydrogen) atoms. The van der Waals surface area contributed by atoms with Gasteiger partial charge >= 0.3 is 5.97 Å². The van der Waals surface area contributed by atoms with E-state index in [1.807, 2.05) is 0 Å². The maximum atomic E-state index is 13.9. The van der Waals surface area contributed by atoms with Gasteiger partial charge < -0.3 is 4.74 Å². The summed E-state index contributed by atoms with van der Waals surface area (Å²) in [5, 5.41) is 0.0398. The highest BCUT2D eigenvalue weighted by molar-refractivity contribution is 7.24. The van der Waals surface area contributed by atoms with Crippen LogP contribution in [0.4, 0.5) is 4.39 Å². The van der Waals surface area contributed by atoms with Gasteiger partial charge in [0.15, 0.2) is 16.6 Å². The molecule has 0 saturated heterocycles. The molecular formula is C17H9Cl2FN2O3S. The Bertz CT molecular complexity index is 1280. The van der Waals surface area contributed by atoms with Crippen molar-refractivity contribution in [3.63, 3.8) is 0 Å². The number of benzene rings is 1. The lowest BCUT2D eigenvalue weighted by atomic mass is 10.2. The zero-order valence-electron chi connectivity index (χ0n) is 13.2. The highest BCUT2D eigenvalue weighted by Gasteiger charge is 2.24. The largest absolute Gasteiger partial charge is 0.462 e. The second kappa shape index (κ2) is 6.19. The van der Waals surface area contributed by atoms with Gasteiger partial charge in [-0.2, -0.15) is 0 Å². The number of ether oxygens (including phenoxy) is 1. The highest BCUT2D eigenvalue weighted by Crippen LogP contribution is 2.33. The minimum Gasteiger partial charge on any atom is -0.462 e. The van der Waals surface area contributed by atoms with Crippen molar-refractivity contribution in [1.82, 2.24) is 9.38 Å². The molecule has 0 bridgehead atoms. The number of hydrogen-bond acceptors (Lipinski definition) is 5. The monoisotopic (exact) mass is 410 g/mol. The van der Waals surface area contributed by atoms with Crippen molar-refractivity contribution in [1.29, 1.82) is 0 Å². The summed E-state index contributed by atoms with van der Waals surface area (Å²) in [6.45, 7) is 1.74. The molecule has 0 aliphatic carbocycles. The third kappa shape index (κ3) is 2.46. The SMILES string of the molecule is CCOC(=O)c1c(=O)c2cc(F)c(Cl)nc2n2c1sc1ccc(Cl)cc12. The zero-order chi connectivity index (χ0) is 18.6. The van der Waals surface area contributed by atoms with Crippen LogP contribution in [0.2, 0.25) is 10.2 Å². The Kier molecular flexibility index (Phi) is 4.10. The van der Waals surface area contributed by atoms with Gasteiger partial charge in [-0.15, -0.1) is 11.3 Å². The van der Waals surface area contributed by atoms with Crippen LogP contribution < -0.4 is 5.43 Å². The van der Waals surface area contributed by atoms with E-state index >= 15 is 0 Å². The van der Waals surface area contributed by atoms with E-state index in [2.05, 4.69) is 4.98 Å². The van der Waals surface area contributed by atoms with Crippen molar-refractivity contribution in [3.8, 4) is 0 Å². The predicted molar refractivity (Wildman–Crippen MR) is 100 cm³/mol. The van der Waals surface area contributed by atoms with E-state index in [1.54, 1.807) is 29.5 Å². The number of aromatic nitrogens is 2.